The van der Waals surface area contributed by atoms with Gasteiger partial charge >= 0.3 is 0 Å². The molecule has 1 unspecified atom stereocenters. The summed E-state index contributed by atoms with van der Waals surface area (Å²) in [6.45, 7) is 4.60. The molecular formula is C24H36IN5O2. The molecule has 0 saturated carbocycles. The van der Waals surface area contributed by atoms with Gasteiger partial charge in [-0.3, -0.25) is 4.99 Å². The third kappa shape index (κ3) is 6.41. The van der Waals surface area contributed by atoms with Crippen LogP contribution in [0.5, 0.6) is 11.5 Å². The maximum Gasteiger partial charge on any atom is 0.193 e. The predicted molar refractivity (Wildman–Crippen MR) is 143 cm³/mol. The van der Waals surface area contributed by atoms with Gasteiger partial charge in [0.1, 0.15) is 0 Å². The summed E-state index contributed by atoms with van der Waals surface area (Å²) in [5.74, 6) is 2.43. The van der Waals surface area contributed by atoms with E-state index in [9.17, 15) is 0 Å². The fraction of sp³-hybridized carbons (Fsp3) is 0.458. The van der Waals surface area contributed by atoms with E-state index in [2.05, 4.69) is 75.5 Å². The molecule has 1 fully saturated rings. The van der Waals surface area contributed by atoms with Crippen LogP contribution in [0.15, 0.2) is 53.5 Å². The lowest BCUT2D eigenvalue weighted by Crippen LogP contribution is -2.53. The van der Waals surface area contributed by atoms with E-state index in [-0.39, 0.29) is 30.0 Å². The van der Waals surface area contributed by atoms with Crippen molar-refractivity contribution >= 4 is 35.6 Å². The molecule has 3 rings (SSSR count). The fourth-order valence-corrected chi connectivity index (χ4v) is 3.99. The van der Waals surface area contributed by atoms with Crippen LogP contribution < -0.4 is 19.7 Å². The summed E-state index contributed by atoms with van der Waals surface area (Å²) in [6, 6.07) is 16.9. The number of para-hydroxylation sites is 1. The number of benzene rings is 2. The highest BCUT2D eigenvalue weighted by Crippen LogP contribution is 2.31. The second-order valence-electron chi connectivity index (χ2n) is 7.83. The number of guanidine groups is 1. The Hall–Kier alpha value is -2.20. The summed E-state index contributed by atoms with van der Waals surface area (Å²) in [6.07, 6.45) is 0. The molecular weight excluding hydrogens is 517 g/mol. The molecule has 0 spiro atoms. The van der Waals surface area contributed by atoms with Crippen LogP contribution in [0.2, 0.25) is 0 Å². The summed E-state index contributed by atoms with van der Waals surface area (Å²) in [5, 5.41) is 3.58. The highest BCUT2D eigenvalue weighted by Gasteiger charge is 2.22. The van der Waals surface area contributed by atoms with Crippen LogP contribution in [0.1, 0.15) is 11.6 Å². The van der Waals surface area contributed by atoms with Gasteiger partial charge in [0.15, 0.2) is 17.5 Å². The molecule has 32 heavy (non-hydrogen) atoms. The van der Waals surface area contributed by atoms with E-state index in [1.54, 1.807) is 14.2 Å². The summed E-state index contributed by atoms with van der Waals surface area (Å²) in [7, 11) is 9.35. The van der Waals surface area contributed by atoms with Crippen LogP contribution in [-0.2, 0) is 0 Å². The summed E-state index contributed by atoms with van der Waals surface area (Å²) in [5.41, 5.74) is 2.45. The molecule has 1 saturated heterocycles. The van der Waals surface area contributed by atoms with Crippen molar-refractivity contribution in [2.24, 2.45) is 4.99 Å². The average Bonchev–Trinajstić information content (AvgIpc) is 2.82. The Morgan fingerprint density at radius 2 is 1.66 bits per heavy atom. The standard InChI is InChI=1S/C24H35N5O2.HI/c1-25-24(29-15-13-28(14-16-29)20-9-7-6-8-10-20)26-18-21(27(2)3)19-11-12-22(30-4)23(17-19)31-5;/h6-12,17,21H,13-16,18H2,1-5H3,(H,25,26);1H. The van der Waals surface area contributed by atoms with Gasteiger partial charge in [0.2, 0.25) is 0 Å². The van der Waals surface area contributed by atoms with Gasteiger partial charge in [0, 0.05) is 45.5 Å². The van der Waals surface area contributed by atoms with Crippen molar-refractivity contribution < 1.29 is 9.47 Å². The number of rotatable bonds is 7. The quantitative estimate of drug-likeness (QED) is 0.323. The Kier molecular flexibility index (Phi) is 10.4. The van der Waals surface area contributed by atoms with Crippen molar-refractivity contribution in [3.63, 3.8) is 0 Å². The second kappa shape index (κ2) is 12.7. The third-order valence-corrected chi connectivity index (χ3v) is 5.78. The Morgan fingerprint density at radius 3 is 2.22 bits per heavy atom. The Morgan fingerprint density at radius 1 is 1.00 bits per heavy atom. The lowest BCUT2D eigenvalue weighted by atomic mass is 10.1. The zero-order chi connectivity index (χ0) is 22.2. The van der Waals surface area contributed by atoms with Crippen LogP contribution in [0.3, 0.4) is 0 Å². The molecule has 176 valence electrons. The van der Waals surface area contributed by atoms with Gasteiger partial charge in [-0.25, -0.2) is 0 Å². The number of hydrogen-bond acceptors (Lipinski definition) is 5. The largest absolute Gasteiger partial charge is 0.493 e. The highest BCUT2D eigenvalue weighted by atomic mass is 127. The molecule has 0 aliphatic carbocycles. The van der Waals surface area contributed by atoms with E-state index in [4.69, 9.17) is 9.47 Å². The molecule has 2 aromatic rings. The molecule has 1 aliphatic rings. The van der Waals surface area contributed by atoms with E-state index in [0.717, 1.165) is 50.2 Å². The van der Waals surface area contributed by atoms with E-state index in [1.807, 2.05) is 19.2 Å². The number of nitrogens with zero attached hydrogens (tertiary/aromatic N) is 4. The highest BCUT2D eigenvalue weighted by molar-refractivity contribution is 14.0. The van der Waals surface area contributed by atoms with E-state index in [0.29, 0.717) is 0 Å². The Bertz CT molecular complexity index is 855. The molecule has 0 amide bonds. The number of likely N-dealkylation sites (N-methyl/N-ethyl adjacent to an activating group) is 1. The van der Waals surface area contributed by atoms with Gasteiger partial charge in [0.05, 0.1) is 20.3 Å². The van der Waals surface area contributed by atoms with Crippen LogP contribution in [0, 0.1) is 0 Å². The maximum absolute atomic E-state index is 5.49. The molecule has 2 aromatic carbocycles. The first-order valence-corrected chi connectivity index (χ1v) is 10.7. The third-order valence-electron chi connectivity index (χ3n) is 5.78. The zero-order valence-corrected chi connectivity index (χ0v) is 22.1. The monoisotopic (exact) mass is 553 g/mol. The molecule has 0 bridgehead atoms. The normalized spacial score (nSPS) is 15.2. The fourth-order valence-electron chi connectivity index (χ4n) is 3.99. The SMILES string of the molecule is CN=C(NCC(c1ccc(OC)c(OC)c1)N(C)C)N1CCN(c2ccccc2)CC1.I. The number of anilines is 1. The average molecular weight is 553 g/mol. The number of methoxy groups -OCH3 is 2. The molecule has 1 atom stereocenters. The smallest absolute Gasteiger partial charge is 0.193 e. The summed E-state index contributed by atoms with van der Waals surface area (Å²) in [4.78, 5) is 11.5. The first-order valence-electron chi connectivity index (χ1n) is 10.7. The number of ether oxygens (including phenoxy) is 2. The minimum atomic E-state index is 0. The van der Waals surface area contributed by atoms with Crippen LogP contribution >= 0.6 is 24.0 Å². The van der Waals surface area contributed by atoms with Gasteiger partial charge < -0.3 is 29.5 Å². The van der Waals surface area contributed by atoms with Crippen molar-refractivity contribution in [2.45, 2.75) is 6.04 Å². The summed E-state index contributed by atoms with van der Waals surface area (Å²) < 4.78 is 10.9. The van der Waals surface area contributed by atoms with E-state index < -0.39 is 0 Å². The second-order valence-corrected chi connectivity index (χ2v) is 7.83. The maximum atomic E-state index is 5.49. The van der Waals surface area contributed by atoms with E-state index >= 15 is 0 Å². The summed E-state index contributed by atoms with van der Waals surface area (Å²) >= 11 is 0. The molecule has 0 radical (unpaired) electrons. The minimum absolute atomic E-state index is 0. The van der Waals surface area contributed by atoms with Gasteiger partial charge in [-0.2, -0.15) is 0 Å². The van der Waals surface area contributed by atoms with Crippen molar-refractivity contribution in [2.75, 3.05) is 73.0 Å². The first-order chi connectivity index (χ1) is 15.1. The van der Waals surface area contributed by atoms with Crippen molar-refractivity contribution in [1.82, 2.24) is 15.1 Å². The topological polar surface area (TPSA) is 52.6 Å². The lowest BCUT2D eigenvalue weighted by molar-refractivity contribution is 0.290. The zero-order valence-electron chi connectivity index (χ0n) is 19.7. The Labute approximate surface area is 209 Å². The van der Waals surface area contributed by atoms with Crippen LogP contribution in [0.25, 0.3) is 0 Å². The number of piperazine rings is 1. The molecule has 0 aromatic heterocycles. The van der Waals surface area contributed by atoms with Gasteiger partial charge in [0.25, 0.3) is 0 Å². The van der Waals surface area contributed by atoms with Crippen molar-refractivity contribution in [1.29, 1.82) is 0 Å². The van der Waals surface area contributed by atoms with Crippen LogP contribution in [-0.4, -0.2) is 83.8 Å². The first kappa shape index (κ1) is 26.1. The number of aliphatic imine (C=N–C) groups is 1. The molecule has 1 N–H and O–H groups in total. The van der Waals surface area contributed by atoms with Crippen LogP contribution in [0.4, 0.5) is 5.69 Å². The van der Waals surface area contributed by atoms with Crippen molar-refractivity contribution in [3.05, 3.63) is 54.1 Å². The Balaban J connectivity index is 0.00000363. The lowest BCUT2D eigenvalue weighted by Gasteiger charge is -2.38. The molecule has 1 aliphatic heterocycles. The number of nitrogens with one attached hydrogen (secondary N) is 1. The number of halogens is 1. The number of hydrogen-bond donors (Lipinski definition) is 1. The van der Waals surface area contributed by atoms with Gasteiger partial charge in [-0.05, 0) is 43.9 Å². The van der Waals surface area contributed by atoms with Crippen molar-refractivity contribution in [3.8, 4) is 11.5 Å². The van der Waals surface area contributed by atoms with Gasteiger partial charge in [-0.15, -0.1) is 24.0 Å². The molecule has 7 nitrogen and oxygen atoms in total. The minimum Gasteiger partial charge on any atom is -0.493 e. The molecule has 8 heteroatoms. The van der Waals surface area contributed by atoms with Gasteiger partial charge in [-0.1, -0.05) is 24.3 Å². The van der Waals surface area contributed by atoms with E-state index in [1.165, 1.54) is 11.3 Å². The predicted octanol–water partition coefficient (Wildman–Crippen LogP) is 3.32. The molecule has 1 heterocycles.